The van der Waals surface area contributed by atoms with Crippen molar-refractivity contribution in [3.05, 3.63) is 46.7 Å². The van der Waals surface area contributed by atoms with E-state index in [0.717, 1.165) is 23.4 Å². The van der Waals surface area contributed by atoms with Crippen LogP contribution >= 0.6 is 11.6 Å². The number of ether oxygens (including phenoxy) is 1. The first-order chi connectivity index (χ1) is 9.24. The SMILES string of the molecule is CCn1cc(COc2cccc(Cl)c2CCN)cn1. The molecule has 0 aliphatic rings. The molecule has 0 atom stereocenters. The third kappa shape index (κ3) is 3.49. The highest BCUT2D eigenvalue weighted by Gasteiger charge is 2.08. The molecule has 0 fully saturated rings. The van der Waals surface area contributed by atoms with Crippen LogP contribution in [0.4, 0.5) is 0 Å². The lowest BCUT2D eigenvalue weighted by Crippen LogP contribution is -2.06. The monoisotopic (exact) mass is 279 g/mol. The highest BCUT2D eigenvalue weighted by Crippen LogP contribution is 2.27. The van der Waals surface area contributed by atoms with E-state index in [-0.39, 0.29) is 0 Å². The molecule has 0 saturated heterocycles. The van der Waals surface area contributed by atoms with Crippen LogP contribution in [0.1, 0.15) is 18.1 Å². The van der Waals surface area contributed by atoms with Crippen molar-refractivity contribution in [1.82, 2.24) is 9.78 Å². The Balaban J connectivity index is 2.08. The van der Waals surface area contributed by atoms with Crippen LogP contribution in [-0.2, 0) is 19.6 Å². The lowest BCUT2D eigenvalue weighted by Gasteiger charge is -2.11. The maximum atomic E-state index is 6.16. The largest absolute Gasteiger partial charge is 0.488 e. The number of nitrogens with zero attached hydrogens (tertiary/aromatic N) is 2. The molecule has 0 spiro atoms. The van der Waals surface area contributed by atoms with Gasteiger partial charge in [0.25, 0.3) is 0 Å². The van der Waals surface area contributed by atoms with Crippen LogP contribution in [0.5, 0.6) is 5.75 Å². The van der Waals surface area contributed by atoms with Crippen LogP contribution in [0.25, 0.3) is 0 Å². The van der Waals surface area contributed by atoms with Crippen LogP contribution in [-0.4, -0.2) is 16.3 Å². The molecular weight excluding hydrogens is 262 g/mol. The normalized spacial score (nSPS) is 10.7. The van der Waals surface area contributed by atoms with Gasteiger partial charge in [-0.2, -0.15) is 5.10 Å². The Morgan fingerprint density at radius 2 is 2.26 bits per heavy atom. The molecule has 0 amide bonds. The first kappa shape index (κ1) is 13.9. The van der Waals surface area contributed by atoms with Crippen molar-refractivity contribution in [2.75, 3.05) is 6.54 Å². The van der Waals surface area contributed by atoms with Gasteiger partial charge in [0.05, 0.1) is 6.20 Å². The zero-order valence-electron chi connectivity index (χ0n) is 11.0. The predicted octanol–water partition coefficient (Wildman–Crippen LogP) is 2.64. The summed E-state index contributed by atoms with van der Waals surface area (Å²) >= 11 is 6.16. The average molecular weight is 280 g/mol. The molecule has 1 aromatic carbocycles. The van der Waals surface area contributed by atoms with Gasteiger partial charge in [-0.05, 0) is 32.0 Å². The van der Waals surface area contributed by atoms with E-state index in [0.29, 0.717) is 24.6 Å². The lowest BCUT2D eigenvalue weighted by molar-refractivity contribution is 0.303. The fraction of sp³-hybridized carbons (Fsp3) is 0.357. The van der Waals surface area contributed by atoms with E-state index in [9.17, 15) is 0 Å². The zero-order valence-corrected chi connectivity index (χ0v) is 11.7. The Hall–Kier alpha value is -1.52. The molecular formula is C14H18ClN3O. The van der Waals surface area contributed by atoms with Gasteiger partial charge in [-0.3, -0.25) is 4.68 Å². The van der Waals surface area contributed by atoms with E-state index in [2.05, 4.69) is 5.10 Å². The van der Waals surface area contributed by atoms with Crippen LogP contribution in [0.15, 0.2) is 30.6 Å². The number of hydrogen-bond donors (Lipinski definition) is 1. The minimum Gasteiger partial charge on any atom is -0.488 e. The molecule has 4 nitrogen and oxygen atoms in total. The number of hydrogen-bond acceptors (Lipinski definition) is 3. The van der Waals surface area contributed by atoms with Gasteiger partial charge in [0.15, 0.2) is 0 Å². The predicted molar refractivity (Wildman–Crippen MR) is 76.4 cm³/mol. The third-order valence-electron chi connectivity index (χ3n) is 2.88. The Bertz CT molecular complexity index is 539. The van der Waals surface area contributed by atoms with E-state index in [1.54, 1.807) is 0 Å². The second-order valence-corrected chi connectivity index (χ2v) is 4.66. The molecule has 0 aliphatic heterocycles. The van der Waals surface area contributed by atoms with E-state index >= 15 is 0 Å². The first-order valence-electron chi connectivity index (χ1n) is 6.36. The molecule has 1 heterocycles. The van der Waals surface area contributed by atoms with Crippen molar-refractivity contribution in [2.24, 2.45) is 5.73 Å². The van der Waals surface area contributed by atoms with Gasteiger partial charge in [0.1, 0.15) is 12.4 Å². The Morgan fingerprint density at radius 1 is 1.42 bits per heavy atom. The average Bonchev–Trinajstić information content (AvgIpc) is 2.87. The molecule has 102 valence electrons. The summed E-state index contributed by atoms with van der Waals surface area (Å²) in [5.74, 6) is 0.794. The number of rotatable bonds is 6. The van der Waals surface area contributed by atoms with Crippen molar-refractivity contribution in [3.8, 4) is 5.75 Å². The van der Waals surface area contributed by atoms with Gasteiger partial charge in [-0.25, -0.2) is 0 Å². The lowest BCUT2D eigenvalue weighted by atomic mass is 10.1. The maximum absolute atomic E-state index is 6.16. The van der Waals surface area contributed by atoms with Crippen molar-refractivity contribution >= 4 is 11.6 Å². The molecule has 0 unspecified atom stereocenters. The van der Waals surface area contributed by atoms with Crippen molar-refractivity contribution in [1.29, 1.82) is 0 Å². The summed E-state index contributed by atoms with van der Waals surface area (Å²) in [7, 11) is 0. The molecule has 0 radical (unpaired) electrons. The number of halogens is 1. The van der Waals surface area contributed by atoms with Crippen molar-refractivity contribution in [3.63, 3.8) is 0 Å². The zero-order chi connectivity index (χ0) is 13.7. The second kappa shape index (κ2) is 6.59. The van der Waals surface area contributed by atoms with Gasteiger partial charge in [-0.15, -0.1) is 0 Å². The molecule has 1 aromatic heterocycles. The summed E-state index contributed by atoms with van der Waals surface area (Å²) in [4.78, 5) is 0. The second-order valence-electron chi connectivity index (χ2n) is 4.25. The van der Waals surface area contributed by atoms with Gasteiger partial charge in [0, 0.05) is 28.9 Å². The fourth-order valence-electron chi connectivity index (χ4n) is 1.88. The van der Waals surface area contributed by atoms with Gasteiger partial charge in [-0.1, -0.05) is 17.7 Å². The fourth-order valence-corrected chi connectivity index (χ4v) is 2.14. The molecule has 0 saturated carbocycles. The van der Waals surface area contributed by atoms with Crippen LogP contribution < -0.4 is 10.5 Å². The summed E-state index contributed by atoms with van der Waals surface area (Å²) in [5.41, 5.74) is 7.61. The minimum absolute atomic E-state index is 0.484. The molecule has 2 N–H and O–H groups in total. The topological polar surface area (TPSA) is 53.1 Å². The summed E-state index contributed by atoms with van der Waals surface area (Å²) < 4.78 is 7.69. The van der Waals surface area contributed by atoms with E-state index < -0.39 is 0 Å². The summed E-state index contributed by atoms with van der Waals surface area (Å²) in [6.45, 7) is 3.94. The van der Waals surface area contributed by atoms with E-state index in [1.165, 1.54) is 0 Å². The maximum Gasteiger partial charge on any atom is 0.124 e. The molecule has 2 rings (SSSR count). The highest BCUT2D eigenvalue weighted by molar-refractivity contribution is 6.31. The molecule has 5 heteroatoms. The summed E-state index contributed by atoms with van der Waals surface area (Å²) in [6.07, 6.45) is 4.51. The first-order valence-corrected chi connectivity index (χ1v) is 6.74. The molecule has 0 bridgehead atoms. The van der Waals surface area contributed by atoms with Crippen LogP contribution in [0.3, 0.4) is 0 Å². The van der Waals surface area contributed by atoms with Crippen LogP contribution in [0.2, 0.25) is 5.02 Å². The number of nitrogens with two attached hydrogens (primary N) is 1. The van der Waals surface area contributed by atoms with Gasteiger partial charge < -0.3 is 10.5 Å². The van der Waals surface area contributed by atoms with Crippen molar-refractivity contribution < 1.29 is 4.74 Å². The molecule has 0 aliphatic carbocycles. The minimum atomic E-state index is 0.484. The smallest absolute Gasteiger partial charge is 0.124 e. The highest BCUT2D eigenvalue weighted by atomic mass is 35.5. The number of aryl methyl sites for hydroxylation is 1. The summed E-state index contributed by atoms with van der Waals surface area (Å²) in [5, 5.41) is 4.91. The Labute approximate surface area is 118 Å². The third-order valence-corrected chi connectivity index (χ3v) is 3.23. The standard InChI is InChI=1S/C14H18ClN3O/c1-2-18-9-11(8-17-18)10-19-14-5-3-4-13(15)12(14)6-7-16/h3-5,8-9H,2,6-7,10,16H2,1H3. The van der Waals surface area contributed by atoms with Crippen LogP contribution in [0, 0.1) is 0 Å². The molecule has 19 heavy (non-hydrogen) atoms. The van der Waals surface area contributed by atoms with E-state index in [1.807, 2.05) is 42.2 Å². The Kier molecular flexibility index (Phi) is 4.82. The Morgan fingerprint density at radius 3 is 2.95 bits per heavy atom. The number of aromatic nitrogens is 2. The van der Waals surface area contributed by atoms with E-state index in [4.69, 9.17) is 22.1 Å². The molecule has 2 aromatic rings. The van der Waals surface area contributed by atoms with Crippen molar-refractivity contribution in [2.45, 2.75) is 26.5 Å². The quantitative estimate of drug-likeness (QED) is 0.884. The summed E-state index contributed by atoms with van der Waals surface area (Å²) in [6, 6.07) is 5.66. The van der Waals surface area contributed by atoms with Gasteiger partial charge in [0.2, 0.25) is 0 Å². The number of benzene rings is 1. The van der Waals surface area contributed by atoms with Gasteiger partial charge >= 0.3 is 0 Å².